The molecular weight excluding hydrogens is 240 g/mol. The van der Waals surface area contributed by atoms with Gasteiger partial charge in [-0.1, -0.05) is 34.1 Å². The van der Waals surface area contributed by atoms with Gasteiger partial charge in [-0.25, -0.2) is 0 Å². The molecule has 5 nitrogen and oxygen atoms in total. The fraction of sp³-hybridized carbons (Fsp3) is 0.500. The van der Waals surface area contributed by atoms with Gasteiger partial charge in [-0.15, -0.1) is 10.2 Å². The molecule has 2 aromatic rings. The van der Waals surface area contributed by atoms with Gasteiger partial charge in [0.15, 0.2) is 5.65 Å². The Morgan fingerprint density at radius 1 is 1.32 bits per heavy atom. The average Bonchev–Trinajstić information content (AvgIpc) is 2.72. The molecule has 0 aliphatic carbocycles. The number of hydrogen-bond acceptors (Lipinski definition) is 3. The molecular formula is C14H20N4O. The third-order valence-corrected chi connectivity index (χ3v) is 3.04. The van der Waals surface area contributed by atoms with Crippen molar-refractivity contribution in [2.24, 2.45) is 5.73 Å². The van der Waals surface area contributed by atoms with Crippen LogP contribution in [0.5, 0.6) is 0 Å². The van der Waals surface area contributed by atoms with Gasteiger partial charge in [0.1, 0.15) is 5.82 Å². The molecule has 2 N–H and O–H groups in total. The molecule has 5 heteroatoms. The summed E-state index contributed by atoms with van der Waals surface area (Å²) in [6.07, 6.45) is 1.85. The highest BCUT2D eigenvalue weighted by Crippen LogP contribution is 2.23. The van der Waals surface area contributed by atoms with E-state index < -0.39 is 5.91 Å². The number of rotatable bonds is 3. The maximum Gasteiger partial charge on any atom is 0.248 e. The van der Waals surface area contributed by atoms with Crippen molar-refractivity contribution in [3.8, 4) is 0 Å². The van der Waals surface area contributed by atoms with Crippen molar-refractivity contribution >= 4 is 11.6 Å². The van der Waals surface area contributed by atoms with E-state index in [0.29, 0.717) is 11.2 Å². The number of pyridine rings is 1. The Labute approximate surface area is 112 Å². The SMILES string of the molecule is CCCc1cc(C(N)=O)cc2nnc(C(C)(C)C)n12. The van der Waals surface area contributed by atoms with E-state index in [4.69, 9.17) is 5.73 Å². The van der Waals surface area contributed by atoms with Crippen LogP contribution in [0.4, 0.5) is 0 Å². The summed E-state index contributed by atoms with van der Waals surface area (Å²) >= 11 is 0. The molecule has 1 amide bonds. The summed E-state index contributed by atoms with van der Waals surface area (Å²) in [5, 5.41) is 8.45. The Kier molecular flexibility index (Phi) is 3.30. The second-order valence-corrected chi connectivity index (χ2v) is 5.82. The molecule has 0 unspecified atom stereocenters. The second-order valence-electron chi connectivity index (χ2n) is 5.82. The third-order valence-electron chi connectivity index (χ3n) is 3.04. The van der Waals surface area contributed by atoms with Crippen LogP contribution >= 0.6 is 0 Å². The number of amides is 1. The number of fused-ring (bicyclic) bond motifs is 1. The molecule has 102 valence electrons. The van der Waals surface area contributed by atoms with E-state index in [0.717, 1.165) is 24.4 Å². The minimum atomic E-state index is -0.430. The molecule has 2 rings (SSSR count). The summed E-state index contributed by atoms with van der Waals surface area (Å²) in [5.74, 6) is 0.474. The minimum absolute atomic E-state index is 0.101. The topological polar surface area (TPSA) is 73.3 Å². The van der Waals surface area contributed by atoms with Crippen molar-refractivity contribution in [1.82, 2.24) is 14.6 Å². The number of nitrogens with two attached hydrogens (primary N) is 1. The molecule has 0 aliphatic rings. The van der Waals surface area contributed by atoms with Gasteiger partial charge in [0, 0.05) is 16.7 Å². The first kappa shape index (κ1) is 13.5. The van der Waals surface area contributed by atoms with Crippen LogP contribution in [0.3, 0.4) is 0 Å². The Morgan fingerprint density at radius 3 is 2.53 bits per heavy atom. The number of carbonyl (C=O) groups is 1. The zero-order chi connectivity index (χ0) is 14.2. The van der Waals surface area contributed by atoms with Crippen molar-refractivity contribution in [2.75, 3.05) is 0 Å². The van der Waals surface area contributed by atoms with Crippen molar-refractivity contribution in [1.29, 1.82) is 0 Å². The standard InChI is InChI=1S/C14H20N4O/c1-5-6-10-7-9(12(15)19)8-11-16-17-13(18(10)11)14(2,3)4/h7-8H,5-6H2,1-4H3,(H2,15,19). The lowest BCUT2D eigenvalue weighted by molar-refractivity contribution is 0.1000. The predicted octanol–water partition coefficient (Wildman–Crippen LogP) is 2.08. The number of primary amides is 1. The van der Waals surface area contributed by atoms with Crippen LogP contribution in [0, 0.1) is 0 Å². The number of hydrogen-bond donors (Lipinski definition) is 1. The molecule has 0 atom stereocenters. The zero-order valence-electron chi connectivity index (χ0n) is 11.9. The van der Waals surface area contributed by atoms with Crippen molar-refractivity contribution in [3.05, 3.63) is 29.2 Å². The Hall–Kier alpha value is -1.91. The molecule has 0 radical (unpaired) electrons. The lowest BCUT2D eigenvalue weighted by Gasteiger charge is -2.18. The Balaban J connectivity index is 2.75. The van der Waals surface area contributed by atoms with Gasteiger partial charge in [-0.3, -0.25) is 9.20 Å². The monoisotopic (exact) mass is 260 g/mol. The summed E-state index contributed by atoms with van der Waals surface area (Å²) in [6, 6.07) is 3.54. The maximum atomic E-state index is 11.4. The molecule has 0 bridgehead atoms. The first-order valence-electron chi connectivity index (χ1n) is 6.53. The maximum absolute atomic E-state index is 11.4. The summed E-state index contributed by atoms with van der Waals surface area (Å²) in [7, 11) is 0. The molecule has 19 heavy (non-hydrogen) atoms. The normalized spacial score (nSPS) is 12.0. The second kappa shape index (κ2) is 4.64. The van der Waals surface area contributed by atoms with Crippen LogP contribution in [-0.2, 0) is 11.8 Å². The molecule has 2 heterocycles. The summed E-state index contributed by atoms with van der Waals surface area (Å²) in [5.41, 5.74) is 7.47. The average molecular weight is 260 g/mol. The first-order valence-corrected chi connectivity index (χ1v) is 6.53. The van der Waals surface area contributed by atoms with Gasteiger partial charge >= 0.3 is 0 Å². The molecule has 0 saturated heterocycles. The smallest absolute Gasteiger partial charge is 0.248 e. The lowest BCUT2D eigenvalue weighted by atomic mass is 9.95. The molecule has 2 aromatic heterocycles. The highest BCUT2D eigenvalue weighted by Gasteiger charge is 2.23. The lowest BCUT2D eigenvalue weighted by Crippen LogP contribution is -2.18. The molecule has 0 aliphatic heterocycles. The number of aromatic nitrogens is 3. The van der Waals surface area contributed by atoms with Gasteiger partial charge < -0.3 is 5.73 Å². The zero-order valence-corrected chi connectivity index (χ0v) is 11.9. The van der Waals surface area contributed by atoms with Crippen LogP contribution in [-0.4, -0.2) is 20.5 Å². The first-order chi connectivity index (χ1) is 8.84. The van der Waals surface area contributed by atoms with Gasteiger partial charge in [-0.2, -0.15) is 0 Å². The van der Waals surface area contributed by atoms with E-state index in [1.165, 1.54) is 0 Å². The fourth-order valence-electron chi connectivity index (χ4n) is 2.17. The van der Waals surface area contributed by atoms with Gasteiger partial charge in [-0.05, 0) is 18.6 Å². The van der Waals surface area contributed by atoms with Crippen LogP contribution < -0.4 is 5.73 Å². The van der Waals surface area contributed by atoms with Crippen molar-refractivity contribution < 1.29 is 4.79 Å². The number of aryl methyl sites for hydroxylation is 1. The van der Waals surface area contributed by atoms with Crippen LogP contribution in [0.15, 0.2) is 12.1 Å². The van der Waals surface area contributed by atoms with E-state index in [1.807, 2.05) is 10.5 Å². The van der Waals surface area contributed by atoms with E-state index in [2.05, 4.69) is 37.9 Å². The quantitative estimate of drug-likeness (QED) is 0.918. The summed E-state index contributed by atoms with van der Waals surface area (Å²) in [4.78, 5) is 11.4. The fourth-order valence-corrected chi connectivity index (χ4v) is 2.17. The van der Waals surface area contributed by atoms with Gasteiger partial charge in [0.05, 0.1) is 0 Å². The highest BCUT2D eigenvalue weighted by molar-refractivity contribution is 5.93. The van der Waals surface area contributed by atoms with Gasteiger partial charge in [0.25, 0.3) is 0 Å². The number of carbonyl (C=O) groups excluding carboxylic acids is 1. The van der Waals surface area contributed by atoms with E-state index in [1.54, 1.807) is 6.07 Å². The van der Waals surface area contributed by atoms with Crippen LogP contribution in [0.1, 0.15) is 56.0 Å². The number of nitrogens with zero attached hydrogens (tertiary/aromatic N) is 3. The van der Waals surface area contributed by atoms with Crippen molar-refractivity contribution in [3.63, 3.8) is 0 Å². The largest absolute Gasteiger partial charge is 0.366 e. The third kappa shape index (κ3) is 2.45. The molecule has 0 fully saturated rings. The highest BCUT2D eigenvalue weighted by atomic mass is 16.1. The van der Waals surface area contributed by atoms with Crippen LogP contribution in [0.2, 0.25) is 0 Å². The van der Waals surface area contributed by atoms with E-state index in [9.17, 15) is 4.79 Å². The molecule has 0 spiro atoms. The predicted molar refractivity (Wildman–Crippen MR) is 74.2 cm³/mol. The van der Waals surface area contributed by atoms with Crippen LogP contribution in [0.25, 0.3) is 5.65 Å². The Bertz CT molecular complexity index is 622. The van der Waals surface area contributed by atoms with Crippen molar-refractivity contribution in [2.45, 2.75) is 46.0 Å². The summed E-state index contributed by atoms with van der Waals surface area (Å²) < 4.78 is 2.04. The minimum Gasteiger partial charge on any atom is -0.366 e. The van der Waals surface area contributed by atoms with Gasteiger partial charge in [0.2, 0.25) is 5.91 Å². The van der Waals surface area contributed by atoms with E-state index in [-0.39, 0.29) is 5.41 Å². The molecule has 0 aromatic carbocycles. The summed E-state index contributed by atoms with van der Waals surface area (Å²) in [6.45, 7) is 8.40. The molecule has 0 saturated carbocycles. The van der Waals surface area contributed by atoms with E-state index >= 15 is 0 Å². The Morgan fingerprint density at radius 2 is 2.00 bits per heavy atom.